The minimum atomic E-state index is 0.626. The van der Waals surface area contributed by atoms with Crippen LogP contribution in [-0.4, -0.2) is 24.5 Å². The van der Waals surface area contributed by atoms with Gasteiger partial charge in [-0.15, -0.1) is 6.42 Å². The molecule has 0 aliphatic rings. The Kier molecular flexibility index (Phi) is 6.39. The van der Waals surface area contributed by atoms with Crippen molar-refractivity contribution in [3.05, 3.63) is 35.4 Å². The molecule has 0 fully saturated rings. The monoisotopic (exact) mass is 230 g/mol. The quantitative estimate of drug-likeness (QED) is 0.571. The first-order valence-electron chi connectivity index (χ1n) is 6.24. The van der Waals surface area contributed by atoms with Crippen LogP contribution < -0.4 is 5.32 Å². The molecule has 1 N–H and O–H groups in total. The molecule has 17 heavy (non-hydrogen) atoms. The molecule has 1 aromatic carbocycles. The van der Waals surface area contributed by atoms with Crippen molar-refractivity contribution in [2.75, 3.05) is 19.6 Å². The molecule has 0 radical (unpaired) electrons. The van der Waals surface area contributed by atoms with Gasteiger partial charge in [0.25, 0.3) is 0 Å². The van der Waals surface area contributed by atoms with E-state index in [4.69, 9.17) is 6.42 Å². The molecule has 0 aromatic heterocycles. The number of hydrogen-bond acceptors (Lipinski definition) is 2. The minimum Gasteiger partial charge on any atom is -0.302 e. The van der Waals surface area contributed by atoms with E-state index in [1.54, 1.807) is 0 Å². The Labute approximate surface area is 105 Å². The molecule has 2 heteroatoms. The van der Waals surface area contributed by atoms with Crippen molar-refractivity contribution < 1.29 is 0 Å². The molecule has 1 rings (SSSR count). The molecule has 1 aromatic rings. The molecular formula is C15H22N2. The minimum absolute atomic E-state index is 0.626. The van der Waals surface area contributed by atoms with E-state index in [2.05, 4.69) is 54.3 Å². The second-order valence-corrected chi connectivity index (χ2v) is 4.09. The zero-order chi connectivity index (χ0) is 12.5. The van der Waals surface area contributed by atoms with Gasteiger partial charge in [0.1, 0.15) is 0 Å². The Morgan fingerprint density at radius 1 is 1.12 bits per heavy atom. The van der Waals surface area contributed by atoms with Crippen molar-refractivity contribution in [2.24, 2.45) is 0 Å². The van der Waals surface area contributed by atoms with Gasteiger partial charge in [-0.1, -0.05) is 44.0 Å². The lowest BCUT2D eigenvalue weighted by atomic mass is 10.1. The number of benzene rings is 1. The van der Waals surface area contributed by atoms with Crippen molar-refractivity contribution in [3.8, 4) is 12.3 Å². The Balaban J connectivity index is 2.47. The van der Waals surface area contributed by atoms with Crippen molar-refractivity contribution >= 4 is 0 Å². The molecule has 0 unspecified atom stereocenters. The number of terminal acetylenes is 1. The molecule has 0 aliphatic heterocycles. The number of nitrogens with one attached hydrogen (secondary N) is 1. The van der Waals surface area contributed by atoms with Gasteiger partial charge in [0.15, 0.2) is 0 Å². The summed E-state index contributed by atoms with van der Waals surface area (Å²) in [6.45, 7) is 9.09. The van der Waals surface area contributed by atoms with Crippen molar-refractivity contribution in [1.82, 2.24) is 10.2 Å². The van der Waals surface area contributed by atoms with Crippen LogP contribution in [0.15, 0.2) is 24.3 Å². The maximum absolute atomic E-state index is 5.18. The Hall–Kier alpha value is -1.30. The molecule has 0 spiro atoms. The summed E-state index contributed by atoms with van der Waals surface area (Å²) in [5.41, 5.74) is 2.65. The maximum atomic E-state index is 5.18. The standard InChI is InChI=1S/C15H22N2/c1-4-11-16-12-14-7-9-15(10-8-14)13-17(5-2)6-3/h1,7-10,16H,5-6,11-13H2,2-3H3. The van der Waals surface area contributed by atoms with Gasteiger partial charge in [-0.3, -0.25) is 4.90 Å². The number of hydrogen-bond donors (Lipinski definition) is 1. The SMILES string of the molecule is C#CCNCc1ccc(CN(CC)CC)cc1. The second-order valence-electron chi connectivity index (χ2n) is 4.09. The van der Waals surface area contributed by atoms with Gasteiger partial charge in [0, 0.05) is 13.1 Å². The Morgan fingerprint density at radius 3 is 2.24 bits per heavy atom. The third-order valence-electron chi connectivity index (χ3n) is 2.88. The van der Waals surface area contributed by atoms with Gasteiger partial charge in [-0.05, 0) is 24.2 Å². The van der Waals surface area contributed by atoms with Crippen LogP contribution in [0.1, 0.15) is 25.0 Å². The highest BCUT2D eigenvalue weighted by Gasteiger charge is 2.00. The van der Waals surface area contributed by atoms with Gasteiger partial charge in [0.2, 0.25) is 0 Å². The van der Waals surface area contributed by atoms with Gasteiger partial charge in [-0.25, -0.2) is 0 Å². The second kappa shape index (κ2) is 7.89. The molecule has 0 bridgehead atoms. The highest BCUT2D eigenvalue weighted by atomic mass is 15.1. The summed E-state index contributed by atoms with van der Waals surface area (Å²) in [5, 5.41) is 3.19. The van der Waals surface area contributed by atoms with E-state index in [0.717, 1.165) is 26.2 Å². The van der Waals surface area contributed by atoms with Gasteiger partial charge in [-0.2, -0.15) is 0 Å². The smallest absolute Gasteiger partial charge is 0.0576 e. The first kappa shape index (κ1) is 13.8. The molecule has 0 saturated heterocycles. The van der Waals surface area contributed by atoms with Crippen LogP contribution >= 0.6 is 0 Å². The summed E-state index contributed by atoms with van der Waals surface area (Å²) in [4.78, 5) is 2.41. The van der Waals surface area contributed by atoms with E-state index in [1.807, 2.05) is 0 Å². The summed E-state index contributed by atoms with van der Waals surface area (Å²) >= 11 is 0. The van der Waals surface area contributed by atoms with Crippen LogP contribution in [0.3, 0.4) is 0 Å². The predicted molar refractivity (Wildman–Crippen MR) is 73.6 cm³/mol. The fourth-order valence-corrected chi connectivity index (χ4v) is 1.75. The number of rotatable bonds is 7. The van der Waals surface area contributed by atoms with E-state index in [1.165, 1.54) is 11.1 Å². The van der Waals surface area contributed by atoms with Crippen LogP contribution in [-0.2, 0) is 13.1 Å². The topological polar surface area (TPSA) is 15.3 Å². The van der Waals surface area contributed by atoms with E-state index >= 15 is 0 Å². The van der Waals surface area contributed by atoms with Crippen molar-refractivity contribution in [2.45, 2.75) is 26.9 Å². The Morgan fingerprint density at radius 2 is 1.71 bits per heavy atom. The molecule has 0 saturated carbocycles. The highest BCUT2D eigenvalue weighted by Crippen LogP contribution is 2.07. The summed E-state index contributed by atoms with van der Waals surface area (Å²) in [7, 11) is 0. The third-order valence-corrected chi connectivity index (χ3v) is 2.88. The molecule has 92 valence electrons. The normalized spacial score (nSPS) is 10.5. The van der Waals surface area contributed by atoms with Crippen molar-refractivity contribution in [3.63, 3.8) is 0 Å². The van der Waals surface area contributed by atoms with E-state index < -0.39 is 0 Å². The van der Waals surface area contributed by atoms with Gasteiger partial charge in [0.05, 0.1) is 6.54 Å². The fourth-order valence-electron chi connectivity index (χ4n) is 1.75. The lowest BCUT2D eigenvalue weighted by Crippen LogP contribution is -2.22. The van der Waals surface area contributed by atoms with E-state index in [0.29, 0.717) is 6.54 Å². The van der Waals surface area contributed by atoms with Gasteiger partial charge >= 0.3 is 0 Å². The molecule has 0 amide bonds. The molecule has 0 atom stereocenters. The average Bonchev–Trinajstić information content (AvgIpc) is 2.38. The van der Waals surface area contributed by atoms with Crippen molar-refractivity contribution in [1.29, 1.82) is 0 Å². The largest absolute Gasteiger partial charge is 0.302 e. The van der Waals surface area contributed by atoms with Crippen LogP contribution in [0, 0.1) is 12.3 Å². The Bertz CT molecular complexity index is 344. The molecule has 0 heterocycles. The fraction of sp³-hybridized carbons (Fsp3) is 0.467. The molecule has 0 aliphatic carbocycles. The van der Waals surface area contributed by atoms with Gasteiger partial charge < -0.3 is 5.32 Å². The summed E-state index contributed by atoms with van der Waals surface area (Å²) in [6, 6.07) is 8.74. The lowest BCUT2D eigenvalue weighted by Gasteiger charge is -2.18. The highest BCUT2D eigenvalue weighted by molar-refractivity contribution is 5.22. The van der Waals surface area contributed by atoms with Crippen LogP contribution in [0.25, 0.3) is 0 Å². The van der Waals surface area contributed by atoms with E-state index in [9.17, 15) is 0 Å². The summed E-state index contributed by atoms with van der Waals surface area (Å²) < 4.78 is 0. The van der Waals surface area contributed by atoms with Crippen LogP contribution in [0.5, 0.6) is 0 Å². The zero-order valence-corrected chi connectivity index (χ0v) is 10.9. The lowest BCUT2D eigenvalue weighted by molar-refractivity contribution is 0.296. The average molecular weight is 230 g/mol. The third kappa shape index (κ3) is 5.04. The first-order valence-corrected chi connectivity index (χ1v) is 6.24. The first-order chi connectivity index (χ1) is 8.30. The summed E-state index contributed by atoms with van der Waals surface area (Å²) in [6.07, 6.45) is 5.18. The summed E-state index contributed by atoms with van der Waals surface area (Å²) in [5.74, 6) is 2.57. The van der Waals surface area contributed by atoms with Crippen LogP contribution in [0.4, 0.5) is 0 Å². The predicted octanol–water partition coefficient (Wildman–Crippen LogP) is 2.25. The number of nitrogens with zero attached hydrogens (tertiary/aromatic N) is 1. The maximum Gasteiger partial charge on any atom is 0.0576 e. The van der Waals surface area contributed by atoms with Crippen LogP contribution in [0.2, 0.25) is 0 Å². The molecule has 2 nitrogen and oxygen atoms in total. The van der Waals surface area contributed by atoms with E-state index in [-0.39, 0.29) is 0 Å². The zero-order valence-electron chi connectivity index (χ0n) is 10.9. The molecular weight excluding hydrogens is 208 g/mol.